The van der Waals surface area contributed by atoms with E-state index in [1.165, 1.54) is 41.6 Å². The molecule has 2 aromatic heterocycles. The predicted molar refractivity (Wildman–Crippen MR) is 157 cm³/mol. The van der Waals surface area contributed by atoms with E-state index < -0.39 is 46.7 Å². The number of ether oxygens (including phenoxy) is 1. The topological polar surface area (TPSA) is 155 Å². The number of fused-ring (bicyclic) bond motifs is 1. The summed E-state index contributed by atoms with van der Waals surface area (Å²) < 4.78 is 105. The highest BCUT2D eigenvalue weighted by Crippen LogP contribution is 2.40. The predicted octanol–water partition coefficient (Wildman–Crippen LogP) is 5.37. The van der Waals surface area contributed by atoms with E-state index in [-0.39, 0.29) is 72.6 Å². The van der Waals surface area contributed by atoms with Crippen molar-refractivity contribution in [2.45, 2.75) is 38.5 Å². The summed E-state index contributed by atoms with van der Waals surface area (Å²) >= 11 is -2.49. The van der Waals surface area contributed by atoms with Crippen LogP contribution in [0.2, 0.25) is 0 Å². The Balaban J connectivity index is 1.45. The molecule has 0 bridgehead atoms. The van der Waals surface area contributed by atoms with Gasteiger partial charge in [-0.15, -0.1) is 0 Å². The number of nitrogens with one attached hydrogen (secondary N) is 2. The Bertz CT molecular complexity index is 1800. The molecule has 250 valence electrons. The van der Waals surface area contributed by atoms with E-state index in [0.29, 0.717) is 12.1 Å². The molecule has 3 heterocycles. The lowest BCUT2D eigenvalue weighted by Gasteiger charge is -2.28. The number of benzene rings is 2. The normalized spacial score (nSPS) is 14.1. The summed E-state index contributed by atoms with van der Waals surface area (Å²) in [5.41, 5.74) is -1.03. The molecule has 5 rings (SSSR count). The molecule has 1 amide bonds. The van der Waals surface area contributed by atoms with Crippen molar-refractivity contribution in [3.05, 3.63) is 76.8 Å². The molecule has 12 nitrogen and oxygen atoms in total. The maximum atomic E-state index is 14.5. The van der Waals surface area contributed by atoms with Crippen LogP contribution in [0, 0.1) is 11.6 Å². The van der Waals surface area contributed by atoms with E-state index in [9.17, 15) is 31.0 Å². The lowest BCUT2D eigenvalue weighted by Crippen LogP contribution is -2.39. The first kappa shape index (κ1) is 33.7. The van der Waals surface area contributed by atoms with Gasteiger partial charge >= 0.3 is 17.5 Å². The molecule has 0 fully saturated rings. The summed E-state index contributed by atoms with van der Waals surface area (Å²) in [5.74, 6) is -3.02. The first-order valence-corrected chi connectivity index (χ1v) is 15.2. The number of halogens is 5. The van der Waals surface area contributed by atoms with Gasteiger partial charge in [0.1, 0.15) is 23.0 Å². The van der Waals surface area contributed by atoms with Crippen molar-refractivity contribution >= 4 is 23.5 Å². The van der Waals surface area contributed by atoms with E-state index in [0.717, 1.165) is 12.1 Å². The highest BCUT2D eigenvalue weighted by atomic mass is 32.2. The number of hydrogen-bond donors (Lipinski definition) is 3. The molecule has 0 saturated heterocycles. The maximum Gasteiger partial charge on any atom is 0.417 e. The van der Waals surface area contributed by atoms with Crippen LogP contribution in [0.3, 0.4) is 0 Å². The average molecular weight is 683 g/mol. The fraction of sp³-hybridized carbons (Fsp3) is 0.310. The summed E-state index contributed by atoms with van der Waals surface area (Å²) in [5, 5.41) is 12.0. The summed E-state index contributed by atoms with van der Waals surface area (Å²) in [7, 11) is 0. The summed E-state index contributed by atoms with van der Waals surface area (Å²) in [6.07, 6.45) is -2.77. The zero-order valence-corrected chi connectivity index (χ0v) is 25.3. The number of aromatic amines is 1. The van der Waals surface area contributed by atoms with Gasteiger partial charge in [0.2, 0.25) is 0 Å². The Morgan fingerprint density at radius 1 is 1.19 bits per heavy atom. The number of hydrogen-bond acceptors (Lipinski definition) is 9. The Morgan fingerprint density at radius 2 is 2.00 bits per heavy atom. The number of carbonyl (C=O) groups is 1. The Hall–Kier alpha value is -4.68. The number of H-pyrrole nitrogens is 1. The van der Waals surface area contributed by atoms with Crippen LogP contribution in [-0.2, 0) is 33.1 Å². The number of alkyl halides is 3. The maximum absolute atomic E-state index is 14.5. The van der Waals surface area contributed by atoms with Gasteiger partial charge in [-0.3, -0.25) is 18.5 Å². The van der Waals surface area contributed by atoms with Gasteiger partial charge in [0, 0.05) is 18.2 Å². The third kappa shape index (κ3) is 7.83. The van der Waals surface area contributed by atoms with E-state index in [2.05, 4.69) is 29.7 Å². The van der Waals surface area contributed by atoms with Gasteiger partial charge in [0.05, 0.1) is 42.8 Å². The monoisotopic (exact) mass is 682 g/mol. The van der Waals surface area contributed by atoms with Gasteiger partial charge in [0.15, 0.2) is 23.4 Å². The zero-order valence-electron chi connectivity index (χ0n) is 24.5. The highest BCUT2D eigenvalue weighted by Gasteiger charge is 2.37. The van der Waals surface area contributed by atoms with Crippen molar-refractivity contribution in [1.29, 1.82) is 0 Å². The van der Waals surface area contributed by atoms with Crippen LogP contribution in [0.5, 0.6) is 5.75 Å². The van der Waals surface area contributed by atoms with E-state index in [1.54, 1.807) is 0 Å². The standard InChI is InChI=1S/C29H27F5N6O6S/c1-2-10-44-16-7-8-17(19(12-16)29(32,33)34)21-13-24(46-39-21)26(28(41)35-9-4-11-45-47(42)43)40-15-23-22(14-36-40)37-27(38-23)18-5-3-6-20(30)25(18)31/h3,5-8,12-14,26H,2,4,9-11,15H2,1H3,(H,35,41)(H,37,38)(H,42,43). The highest BCUT2D eigenvalue weighted by molar-refractivity contribution is 7.74. The van der Waals surface area contributed by atoms with Gasteiger partial charge in [-0.2, -0.15) is 22.5 Å². The molecule has 2 atom stereocenters. The summed E-state index contributed by atoms with van der Waals surface area (Å²) in [6.45, 7) is 1.74. The van der Waals surface area contributed by atoms with Crippen LogP contribution in [0.4, 0.5) is 22.0 Å². The second-order valence-corrected chi connectivity index (χ2v) is 10.8. The quantitative estimate of drug-likeness (QED) is 0.0960. The van der Waals surface area contributed by atoms with E-state index >= 15 is 0 Å². The van der Waals surface area contributed by atoms with E-state index in [4.69, 9.17) is 13.8 Å². The molecular formula is C29H27F5N6O6S. The van der Waals surface area contributed by atoms with Crippen LogP contribution in [-0.4, -0.2) is 60.8 Å². The van der Waals surface area contributed by atoms with Crippen LogP contribution in [0.1, 0.15) is 48.5 Å². The number of aromatic nitrogens is 3. The number of imidazole rings is 1. The molecule has 0 radical (unpaired) electrons. The number of nitrogens with zero attached hydrogens (tertiary/aromatic N) is 4. The Labute approximate surface area is 266 Å². The van der Waals surface area contributed by atoms with Gasteiger partial charge in [-0.05, 0) is 43.2 Å². The van der Waals surface area contributed by atoms with Crippen molar-refractivity contribution in [3.8, 4) is 28.4 Å². The molecule has 2 unspecified atom stereocenters. The summed E-state index contributed by atoms with van der Waals surface area (Å²) in [4.78, 5) is 20.7. The molecule has 0 aliphatic carbocycles. The molecule has 2 aromatic carbocycles. The second kappa shape index (κ2) is 14.4. The summed E-state index contributed by atoms with van der Waals surface area (Å²) in [6, 6.07) is 6.83. The van der Waals surface area contributed by atoms with Gasteiger partial charge in [-0.1, -0.05) is 18.1 Å². The minimum absolute atomic E-state index is 0.00978. The molecule has 0 saturated carbocycles. The van der Waals surface area contributed by atoms with Crippen LogP contribution in [0.15, 0.2) is 52.1 Å². The van der Waals surface area contributed by atoms with Crippen molar-refractivity contribution in [1.82, 2.24) is 25.5 Å². The zero-order chi connectivity index (χ0) is 33.7. The number of carbonyl (C=O) groups excluding carboxylic acids is 1. The average Bonchev–Trinajstić information content (AvgIpc) is 3.68. The third-order valence-corrected chi connectivity index (χ3v) is 7.23. The minimum atomic E-state index is -4.77. The molecule has 1 aliphatic heterocycles. The number of rotatable bonds is 13. The molecule has 18 heteroatoms. The molecule has 4 aromatic rings. The third-order valence-electron chi connectivity index (χ3n) is 6.86. The van der Waals surface area contributed by atoms with E-state index in [1.807, 2.05) is 6.92 Å². The van der Waals surface area contributed by atoms with Gasteiger partial charge < -0.3 is 19.6 Å². The van der Waals surface area contributed by atoms with Crippen LogP contribution in [0.25, 0.3) is 22.6 Å². The molecule has 47 heavy (non-hydrogen) atoms. The molecule has 1 aliphatic rings. The van der Waals surface area contributed by atoms with Crippen molar-refractivity contribution < 1.29 is 49.0 Å². The first-order valence-electron chi connectivity index (χ1n) is 14.1. The van der Waals surface area contributed by atoms with Gasteiger partial charge in [-0.25, -0.2) is 13.8 Å². The molecule has 0 spiro atoms. The molecule has 3 N–H and O–H groups in total. The van der Waals surface area contributed by atoms with Gasteiger partial charge in [0.25, 0.3) is 5.91 Å². The molecular weight excluding hydrogens is 655 g/mol. The largest absolute Gasteiger partial charge is 0.494 e. The number of amides is 1. The van der Waals surface area contributed by atoms with Crippen LogP contribution < -0.4 is 10.1 Å². The Kier molecular flexibility index (Phi) is 10.3. The van der Waals surface area contributed by atoms with Crippen molar-refractivity contribution in [2.24, 2.45) is 5.10 Å². The smallest absolute Gasteiger partial charge is 0.417 e. The first-order chi connectivity index (χ1) is 22.5. The Morgan fingerprint density at radius 3 is 2.74 bits per heavy atom. The SMILES string of the molecule is CCCOc1ccc(-c2cc(C(C(=O)NCCCOS(=O)O)N3Cc4[nH]c(-c5cccc(F)c5F)nc4C=N3)on2)c(C(F)(F)F)c1. The van der Waals surface area contributed by atoms with Crippen LogP contribution >= 0.6 is 0 Å². The fourth-order valence-corrected chi connectivity index (χ4v) is 4.97. The second-order valence-electron chi connectivity index (χ2n) is 10.1. The fourth-order valence-electron chi connectivity index (χ4n) is 4.71. The van der Waals surface area contributed by atoms with Crippen molar-refractivity contribution in [2.75, 3.05) is 19.8 Å². The lowest BCUT2D eigenvalue weighted by atomic mass is 10.0. The lowest BCUT2D eigenvalue weighted by molar-refractivity contribution is -0.137. The number of hydrazone groups is 1. The minimum Gasteiger partial charge on any atom is -0.494 e. The van der Waals surface area contributed by atoms with Crippen molar-refractivity contribution in [3.63, 3.8) is 0 Å².